The highest BCUT2D eigenvalue weighted by atomic mass is 16.7. The molecule has 0 aromatic heterocycles. The number of nitrogen functional groups attached to an aromatic ring is 2. The lowest BCUT2D eigenvalue weighted by molar-refractivity contribution is 0.144. The van der Waals surface area contributed by atoms with Gasteiger partial charge in [0.1, 0.15) is 5.75 Å². The SMILES string of the molecule is CC(C)(c1ccc(O)c(N)c1)c1ccc(OC(=O)O)c(N)c1. The monoisotopic (exact) mass is 302 g/mol. The largest absolute Gasteiger partial charge is 0.511 e. The Morgan fingerprint density at radius 3 is 2.09 bits per heavy atom. The van der Waals surface area contributed by atoms with E-state index in [9.17, 15) is 9.90 Å². The predicted molar refractivity (Wildman–Crippen MR) is 84.2 cm³/mol. The molecule has 6 nitrogen and oxygen atoms in total. The lowest BCUT2D eigenvalue weighted by atomic mass is 9.78. The van der Waals surface area contributed by atoms with Crippen LogP contribution in [-0.2, 0) is 5.41 Å². The Morgan fingerprint density at radius 2 is 1.59 bits per heavy atom. The lowest BCUT2D eigenvalue weighted by Gasteiger charge is -2.27. The number of aromatic hydroxyl groups is 1. The average Bonchev–Trinajstić information content (AvgIpc) is 2.43. The van der Waals surface area contributed by atoms with Crippen molar-refractivity contribution in [3.8, 4) is 11.5 Å². The van der Waals surface area contributed by atoms with Crippen molar-refractivity contribution in [1.29, 1.82) is 0 Å². The molecular weight excluding hydrogens is 284 g/mol. The number of benzene rings is 2. The summed E-state index contributed by atoms with van der Waals surface area (Å²) in [6, 6.07) is 9.96. The molecule has 0 spiro atoms. The van der Waals surface area contributed by atoms with Gasteiger partial charge in [0, 0.05) is 5.41 Å². The molecule has 0 aliphatic rings. The summed E-state index contributed by atoms with van der Waals surface area (Å²) in [6.45, 7) is 3.96. The van der Waals surface area contributed by atoms with E-state index in [4.69, 9.17) is 16.6 Å². The molecule has 0 saturated heterocycles. The summed E-state index contributed by atoms with van der Waals surface area (Å²) in [5, 5.41) is 18.2. The van der Waals surface area contributed by atoms with Crippen LogP contribution in [0.3, 0.4) is 0 Å². The van der Waals surface area contributed by atoms with Gasteiger partial charge in [-0.05, 0) is 35.4 Å². The zero-order valence-electron chi connectivity index (χ0n) is 12.3. The summed E-state index contributed by atoms with van der Waals surface area (Å²) in [7, 11) is 0. The van der Waals surface area contributed by atoms with E-state index in [1.54, 1.807) is 24.3 Å². The number of phenols is 1. The molecule has 0 fully saturated rings. The Kier molecular flexibility index (Phi) is 3.86. The van der Waals surface area contributed by atoms with Gasteiger partial charge < -0.3 is 26.4 Å². The number of carbonyl (C=O) groups is 1. The maximum Gasteiger partial charge on any atom is 0.511 e. The van der Waals surface area contributed by atoms with Crippen LogP contribution in [0.4, 0.5) is 16.2 Å². The maximum absolute atomic E-state index is 10.6. The van der Waals surface area contributed by atoms with Crippen molar-refractivity contribution in [3.05, 3.63) is 47.5 Å². The molecule has 0 aliphatic heterocycles. The smallest absolute Gasteiger partial charge is 0.506 e. The minimum Gasteiger partial charge on any atom is -0.506 e. The quantitative estimate of drug-likeness (QED) is 0.299. The van der Waals surface area contributed by atoms with Gasteiger partial charge in [-0.25, -0.2) is 4.79 Å². The van der Waals surface area contributed by atoms with Crippen molar-refractivity contribution in [3.63, 3.8) is 0 Å². The van der Waals surface area contributed by atoms with Gasteiger partial charge in [-0.3, -0.25) is 0 Å². The van der Waals surface area contributed by atoms with Gasteiger partial charge >= 0.3 is 6.16 Å². The molecule has 22 heavy (non-hydrogen) atoms. The number of ether oxygens (including phenoxy) is 1. The second-order valence-electron chi connectivity index (χ2n) is 5.52. The van der Waals surface area contributed by atoms with E-state index in [1.165, 1.54) is 12.1 Å². The standard InChI is InChI=1S/C16H18N2O4/c1-16(2,9-3-5-13(19)11(17)7-9)10-4-6-14(12(18)8-10)22-15(20)21/h3-8,19H,17-18H2,1-2H3,(H,20,21). The third-order valence-corrected chi connectivity index (χ3v) is 3.68. The number of anilines is 2. The van der Waals surface area contributed by atoms with Crippen molar-refractivity contribution in [1.82, 2.24) is 0 Å². The van der Waals surface area contributed by atoms with E-state index >= 15 is 0 Å². The van der Waals surface area contributed by atoms with Gasteiger partial charge in [0.25, 0.3) is 0 Å². The van der Waals surface area contributed by atoms with Crippen molar-refractivity contribution in [2.75, 3.05) is 11.5 Å². The zero-order valence-corrected chi connectivity index (χ0v) is 12.3. The molecule has 0 unspecified atom stereocenters. The highest BCUT2D eigenvalue weighted by Crippen LogP contribution is 2.37. The number of rotatable bonds is 3. The van der Waals surface area contributed by atoms with E-state index in [0.717, 1.165) is 11.1 Å². The summed E-state index contributed by atoms with van der Waals surface area (Å²) >= 11 is 0. The molecular formula is C16H18N2O4. The van der Waals surface area contributed by atoms with Crippen molar-refractivity contribution in [2.45, 2.75) is 19.3 Å². The minimum absolute atomic E-state index is 0.0317. The average molecular weight is 302 g/mol. The molecule has 0 aliphatic carbocycles. The third kappa shape index (κ3) is 2.90. The van der Waals surface area contributed by atoms with Crippen LogP contribution in [0.5, 0.6) is 11.5 Å². The molecule has 2 rings (SSSR count). The van der Waals surface area contributed by atoms with Gasteiger partial charge in [-0.15, -0.1) is 0 Å². The van der Waals surface area contributed by atoms with Crippen LogP contribution in [0.1, 0.15) is 25.0 Å². The summed E-state index contributed by atoms with van der Waals surface area (Å²) in [5.74, 6) is 0.126. The molecule has 2 aromatic carbocycles. The topological polar surface area (TPSA) is 119 Å². The van der Waals surface area contributed by atoms with E-state index < -0.39 is 11.6 Å². The number of hydrogen-bond acceptors (Lipinski definition) is 5. The van der Waals surface area contributed by atoms with Crippen LogP contribution >= 0.6 is 0 Å². The van der Waals surface area contributed by atoms with Gasteiger partial charge in [0.15, 0.2) is 5.75 Å². The first-order valence-electron chi connectivity index (χ1n) is 6.61. The third-order valence-electron chi connectivity index (χ3n) is 3.68. The molecule has 0 radical (unpaired) electrons. The molecule has 116 valence electrons. The van der Waals surface area contributed by atoms with Crippen LogP contribution in [0.15, 0.2) is 36.4 Å². The first kappa shape index (κ1) is 15.5. The minimum atomic E-state index is -1.41. The second kappa shape index (κ2) is 5.48. The van der Waals surface area contributed by atoms with E-state index in [0.29, 0.717) is 5.69 Å². The number of nitrogens with two attached hydrogens (primary N) is 2. The van der Waals surface area contributed by atoms with E-state index in [-0.39, 0.29) is 17.2 Å². The summed E-state index contributed by atoms with van der Waals surface area (Å²) < 4.78 is 4.59. The molecule has 0 saturated carbocycles. The van der Waals surface area contributed by atoms with Gasteiger partial charge in [-0.1, -0.05) is 26.0 Å². The first-order valence-corrected chi connectivity index (χ1v) is 6.61. The Labute approximate surface area is 127 Å². The highest BCUT2D eigenvalue weighted by Gasteiger charge is 2.25. The fourth-order valence-corrected chi connectivity index (χ4v) is 2.23. The van der Waals surface area contributed by atoms with Gasteiger partial charge in [-0.2, -0.15) is 0 Å². The molecule has 0 heterocycles. The summed E-state index contributed by atoms with van der Waals surface area (Å²) in [6.07, 6.45) is -1.41. The van der Waals surface area contributed by atoms with Crippen molar-refractivity contribution >= 4 is 17.5 Å². The van der Waals surface area contributed by atoms with Crippen LogP contribution in [0.2, 0.25) is 0 Å². The van der Waals surface area contributed by atoms with Gasteiger partial charge in [0.05, 0.1) is 11.4 Å². The fraction of sp³-hybridized carbons (Fsp3) is 0.188. The van der Waals surface area contributed by atoms with Crippen molar-refractivity contribution < 1.29 is 19.7 Å². The van der Waals surface area contributed by atoms with E-state index in [1.807, 2.05) is 13.8 Å². The maximum atomic E-state index is 10.6. The molecule has 0 amide bonds. The van der Waals surface area contributed by atoms with Crippen molar-refractivity contribution in [2.24, 2.45) is 0 Å². The number of phenolic OH excluding ortho intramolecular Hbond substituents is 1. The fourth-order valence-electron chi connectivity index (χ4n) is 2.23. The number of carboxylic acid groups (broad SMARTS) is 1. The second-order valence-corrected chi connectivity index (χ2v) is 5.52. The van der Waals surface area contributed by atoms with Gasteiger partial charge in [0.2, 0.25) is 0 Å². The first-order chi connectivity index (χ1) is 10.2. The number of hydrogen-bond donors (Lipinski definition) is 4. The van der Waals surface area contributed by atoms with Crippen LogP contribution in [-0.4, -0.2) is 16.4 Å². The Bertz CT molecular complexity index is 726. The zero-order chi connectivity index (χ0) is 16.5. The molecule has 0 atom stereocenters. The molecule has 2 aromatic rings. The van der Waals surface area contributed by atoms with Crippen LogP contribution in [0.25, 0.3) is 0 Å². The Balaban J connectivity index is 2.42. The normalized spacial score (nSPS) is 11.2. The lowest BCUT2D eigenvalue weighted by Crippen LogP contribution is -2.19. The molecule has 6 N–H and O–H groups in total. The summed E-state index contributed by atoms with van der Waals surface area (Å²) in [5.41, 5.74) is 13.5. The Hall–Kier alpha value is -2.89. The molecule has 0 bridgehead atoms. The van der Waals surface area contributed by atoms with Crippen LogP contribution in [0, 0.1) is 0 Å². The molecule has 6 heteroatoms. The predicted octanol–water partition coefficient (Wildman–Crippen LogP) is 2.94. The van der Waals surface area contributed by atoms with E-state index in [2.05, 4.69) is 4.74 Å². The highest BCUT2D eigenvalue weighted by molar-refractivity contribution is 5.67. The summed E-state index contributed by atoms with van der Waals surface area (Å²) in [4.78, 5) is 10.6. The van der Waals surface area contributed by atoms with Crippen LogP contribution < -0.4 is 16.2 Å². The Morgan fingerprint density at radius 1 is 1.05 bits per heavy atom.